The highest BCUT2D eigenvalue weighted by molar-refractivity contribution is 9.10. The van der Waals surface area contributed by atoms with Crippen LogP contribution in [0.5, 0.6) is 0 Å². The molecular formula is C16H12BrFN2O. The number of carbonyl (C=O) groups excluding carboxylic acids is 1. The normalized spacial score (nSPS) is 11.0. The molecule has 0 saturated carbocycles. The van der Waals surface area contributed by atoms with Gasteiger partial charge >= 0.3 is 0 Å². The SMILES string of the molecule is NC(=O)c1ccc(Cn2ccc3c(Br)cccc32)c(F)c1. The van der Waals surface area contributed by atoms with Gasteiger partial charge < -0.3 is 10.3 Å². The second-order valence-corrected chi connectivity index (χ2v) is 5.64. The topological polar surface area (TPSA) is 48.0 Å². The molecule has 0 aliphatic rings. The van der Waals surface area contributed by atoms with Crippen LogP contribution >= 0.6 is 15.9 Å². The summed E-state index contributed by atoms with van der Waals surface area (Å²) in [4.78, 5) is 11.0. The molecule has 0 atom stereocenters. The Bertz CT molecular complexity index is 841. The Hall–Kier alpha value is -2.14. The number of rotatable bonds is 3. The predicted molar refractivity (Wildman–Crippen MR) is 83.7 cm³/mol. The number of benzene rings is 2. The van der Waals surface area contributed by atoms with Crippen LogP contribution in [0.15, 0.2) is 53.1 Å². The maximum absolute atomic E-state index is 14.1. The number of hydrogen-bond donors (Lipinski definition) is 1. The van der Waals surface area contributed by atoms with Gasteiger partial charge in [-0.2, -0.15) is 0 Å². The maximum Gasteiger partial charge on any atom is 0.248 e. The van der Waals surface area contributed by atoms with E-state index in [1.165, 1.54) is 6.07 Å². The van der Waals surface area contributed by atoms with Crippen molar-refractivity contribution in [3.63, 3.8) is 0 Å². The fourth-order valence-electron chi connectivity index (χ4n) is 2.34. The standard InChI is InChI=1S/C16H12BrFN2O/c17-13-2-1-3-15-12(13)6-7-20(15)9-11-5-4-10(16(19)21)8-14(11)18/h1-8H,9H2,(H2,19,21). The van der Waals surface area contributed by atoms with E-state index in [0.717, 1.165) is 15.4 Å². The third-order valence-electron chi connectivity index (χ3n) is 3.44. The highest BCUT2D eigenvalue weighted by Crippen LogP contribution is 2.25. The van der Waals surface area contributed by atoms with Crippen LogP contribution in [0.25, 0.3) is 10.9 Å². The Morgan fingerprint density at radius 3 is 2.76 bits per heavy atom. The molecule has 2 N–H and O–H groups in total. The second-order valence-electron chi connectivity index (χ2n) is 4.79. The molecule has 3 rings (SSSR count). The number of primary amides is 1. The minimum absolute atomic E-state index is 0.177. The number of fused-ring (bicyclic) bond motifs is 1. The molecule has 1 amide bonds. The van der Waals surface area contributed by atoms with Crippen molar-refractivity contribution in [2.45, 2.75) is 6.54 Å². The molecule has 106 valence electrons. The van der Waals surface area contributed by atoms with Crippen molar-refractivity contribution in [2.24, 2.45) is 5.73 Å². The Morgan fingerprint density at radius 1 is 1.24 bits per heavy atom. The summed E-state index contributed by atoms with van der Waals surface area (Å²) in [6, 6.07) is 12.2. The third kappa shape index (κ3) is 2.56. The summed E-state index contributed by atoms with van der Waals surface area (Å²) in [5.74, 6) is -1.06. The highest BCUT2D eigenvalue weighted by Gasteiger charge is 2.09. The van der Waals surface area contributed by atoms with Crippen molar-refractivity contribution in [2.75, 3.05) is 0 Å². The Labute approximate surface area is 129 Å². The minimum atomic E-state index is -0.629. The molecule has 0 bridgehead atoms. The van der Waals surface area contributed by atoms with Crippen LogP contribution in [-0.2, 0) is 6.54 Å². The molecule has 1 heterocycles. The quantitative estimate of drug-likeness (QED) is 0.772. The Morgan fingerprint density at radius 2 is 2.05 bits per heavy atom. The number of nitrogens with two attached hydrogens (primary N) is 1. The van der Waals surface area contributed by atoms with Crippen LogP contribution in [0.3, 0.4) is 0 Å². The number of amides is 1. The second kappa shape index (κ2) is 5.33. The lowest BCUT2D eigenvalue weighted by molar-refractivity contribution is 0.1000. The first-order valence-electron chi connectivity index (χ1n) is 6.38. The number of halogens is 2. The molecule has 2 aromatic carbocycles. The summed E-state index contributed by atoms with van der Waals surface area (Å²) >= 11 is 3.50. The van der Waals surface area contributed by atoms with Crippen molar-refractivity contribution < 1.29 is 9.18 Å². The van der Waals surface area contributed by atoms with Crippen molar-refractivity contribution in [1.82, 2.24) is 4.57 Å². The van der Waals surface area contributed by atoms with Crippen LogP contribution in [-0.4, -0.2) is 10.5 Å². The molecule has 0 spiro atoms. The van der Waals surface area contributed by atoms with Gasteiger partial charge in [0.1, 0.15) is 5.82 Å². The molecule has 0 aliphatic carbocycles. The number of aromatic nitrogens is 1. The summed E-state index contributed by atoms with van der Waals surface area (Å²) in [6.45, 7) is 0.394. The van der Waals surface area contributed by atoms with Gasteiger partial charge in [-0.1, -0.05) is 28.1 Å². The average Bonchev–Trinajstić information content (AvgIpc) is 2.85. The van der Waals surface area contributed by atoms with Gasteiger partial charge in [-0.3, -0.25) is 4.79 Å². The van der Waals surface area contributed by atoms with E-state index in [0.29, 0.717) is 12.1 Å². The van der Waals surface area contributed by atoms with Gasteiger partial charge in [-0.05, 0) is 30.3 Å². The molecule has 1 aromatic heterocycles. The molecular weight excluding hydrogens is 335 g/mol. The number of nitrogens with zero attached hydrogens (tertiary/aromatic N) is 1. The van der Waals surface area contributed by atoms with Crippen LogP contribution in [0.2, 0.25) is 0 Å². The molecule has 0 unspecified atom stereocenters. The lowest BCUT2D eigenvalue weighted by Crippen LogP contribution is -2.12. The smallest absolute Gasteiger partial charge is 0.248 e. The van der Waals surface area contributed by atoms with Gasteiger partial charge in [0.2, 0.25) is 5.91 Å². The van der Waals surface area contributed by atoms with E-state index in [4.69, 9.17) is 5.73 Å². The fourth-order valence-corrected chi connectivity index (χ4v) is 2.82. The first-order chi connectivity index (χ1) is 10.1. The van der Waals surface area contributed by atoms with Gasteiger partial charge in [0.25, 0.3) is 0 Å². The summed E-state index contributed by atoms with van der Waals surface area (Å²) in [7, 11) is 0. The molecule has 0 aliphatic heterocycles. The van der Waals surface area contributed by atoms with Crippen molar-refractivity contribution in [3.05, 3.63) is 70.1 Å². The van der Waals surface area contributed by atoms with Crippen molar-refractivity contribution in [1.29, 1.82) is 0 Å². The monoisotopic (exact) mass is 346 g/mol. The van der Waals surface area contributed by atoms with E-state index in [1.807, 2.05) is 35.0 Å². The first-order valence-corrected chi connectivity index (χ1v) is 7.17. The van der Waals surface area contributed by atoms with E-state index >= 15 is 0 Å². The van der Waals surface area contributed by atoms with Crippen LogP contribution < -0.4 is 5.73 Å². The largest absolute Gasteiger partial charge is 0.366 e. The van der Waals surface area contributed by atoms with Crippen LogP contribution in [0.1, 0.15) is 15.9 Å². The molecule has 0 saturated heterocycles. The van der Waals surface area contributed by atoms with Gasteiger partial charge in [0.05, 0.1) is 6.54 Å². The predicted octanol–water partition coefficient (Wildman–Crippen LogP) is 3.69. The zero-order valence-corrected chi connectivity index (χ0v) is 12.6. The van der Waals surface area contributed by atoms with E-state index in [-0.39, 0.29) is 5.56 Å². The summed E-state index contributed by atoms with van der Waals surface area (Å²) in [5.41, 5.74) is 6.85. The summed E-state index contributed by atoms with van der Waals surface area (Å²) < 4.78 is 17.0. The van der Waals surface area contributed by atoms with Crippen LogP contribution in [0.4, 0.5) is 4.39 Å². The van der Waals surface area contributed by atoms with Crippen molar-refractivity contribution in [3.8, 4) is 0 Å². The van der Waals surface area contributed by atoms with E-state index in [1.54, 1.807) is 12.1 Å². The van der Waals surface area contributed by atoms with Crippen LogP contribution in [0, 0.1) is 5.82 Å². The average molecular weight is 347 g/mol. The lowest BCUT2D eigenvalue weighted by atomic mass is 10.1. The van der Waals surface area contributed by atoms with Gasteiger partial charge in [0, 0.05) is 32.7 Å². The summed E-state index contributed by atoms with van der Waals surface area (Å²) in [6.07, 6.45) is 1.91. The minimum Gasteiger partial charge on any atom is -0.366 e. The Balaban J connectivity index is 1.99. The van der Waals surface area contributed by atoms with Gasteiger partial charge in [0.15, 0.2) is 0 Å². The van der Waals surface area contributed by atoms with Gasteiger partial charge in [-0.25, -0.2) is 4.39 Å². The number of hydrogen-bond acceptors (Lipinski definition) is 1. The van der Waals surface area contributed by atoms with E-state index in [9.17, 15) is 9.18 Å². The fraction of sp³-hybridized carbons (Fsp3) is 0.0625. The third-order valence-corrected chi connectivity index (χ3v) is 4.13. The molecule has 3 aromatic rings. The van der Waals surface area contributed by atoms with Gasteiger partial charge in [-0.15, -0.1) is 0 Å². The molecule has 3 nitrogen and oxygen atoms in total. The van der Waals surface area contributed by atoms with Crippen molar-refractivity contribution >= 4 is 32.7 Å². The maximum atomic E-state index is 14.1. The number of carbonyl (C=O) groups is 1. The molecule has 0 fully saturated rings. The van der Waals surface area contributed by atoms with E-state index in [2.05, 4.69) is 15.9 Å². The zero-order valence-electron chi connectivity index (χ0n) is 11.0. The highest BCUT2D eigenvalue weighted by atomic mass is 79.9. The lowest BCUT2D eigenvalue weighted by Gasteiger charge is -2.08. The first kappa shape index (κ1) is 13.8. The molecule has 5 heteroatoms. The van der Waals surface area contributed by atoms with E-state index < -0.39 is 11.7 Å². The summed E-state index contributed by atoms with van der Waals surface area (Å²) in [5, 5.41) is 1.08. The Kier molecular flexibility index (Phi) is 3.51. The molecule has 21 heavy (non-hydrogen) atoms. The molecule has 0 radical (unpaired) electrons. The zero-order chi connectivity index (χ0) is 15.0.